The largest absolute Gasteiger partial charge is 0.361 e. The van der Waals surface area contributed by atoms with Crippen molar-refractivity contribution < 1.29 is 14.3 Å². The van der Waals surface area contributed by atoms with Crippen LogP contribution in [0.3, 0.4) is 0 Å². The summed E-state index contributed by atoms with van der Waals surface area (Å²) in [5.41, 5.74) is 5.47. The number of carbonyl (C=O) groups excluding carboxylic acids is 1. The van der Waals surface area contributed by atoms with Crippen molar-refractivity contribution in [1.29, 1.82) is 0 Å². The monoisotopic (exact) mass is 363 g/mol. The van der Waals surface area contributed by atoms with Gasteiger partial charge < -0.3 is 14.5 Å². The number of hydrazone groups is 1. The minimum absolute atomic E-state index is 0.180. The van der Waals surface area contributed by atoms with Gasteiger partial charge >= 0.3 is 0 Å². The van der Waals surface area contributed by atoms with Gasteiger partial charge in [0.05, 0.1) is 19.4 Å². The van der Waals surface area contributed by atoms with Gasteiger partial charge in [-0.2, -0.15) is 5.10 Å². The third-order valence-electron chi connectivity index (χ3n) is 4.66. The minimum Gasteiger partial charge on any atom is -0.361 e. The van der Waals surface area contributed by atoms with Crippen LogP contribution in [-0.4, -0.2) is 30.3 Å². The Hall–Kier alpha value is -2.96. The molecule has 1 aromatic heterocycles. The first-order valence-corrected chi connectivity index (χ1v) is 8.98. The normalized spacial score (nSPS) is 16.1. The highest BCUT2D eigenvalue weighted by Crippen LogP contribution is 2.35. The van der Waals surface area contributed by atoms with E-state index in [4.69, 9.17) is 9.47 Å². The second-order valence-corrected chi connectivity index (χ2v) is 6.40. The quantitative estimate of drug-likeness (QED) is 0.521. The van der Waals surface area contributed by atoms with Crippen molar-refractivity contribution >= 4 is 23.0 Å². The second-order valence-electron chi connectivity index (χ2n) is 6.40. The van der Waals surface area contributed by atoms with Gasteiger partial charge in [-0.25, -0.2) is 5.43 Å². The maximum Gasteiger partial charge on any atom is 0.240 e. The van der Waals surface area contributed by atoms with Gasteiger partial charge in [0.25, 0.3) is 0 Å². The summed E-state index contributed by atoms with van der Waals surface area (Å²) in [7, 11) is 0. The molecule has 2 heterocycles. The summed E-state index contributed by atoms with van der Waals surface area (Å²) < 4.78 is 11.7. The van der Waals surface area contributed by atoms with Crippen LogP contribution in [0.5, 0.6) is 0 Å². The van der Waals surface area contributed by atoms with Gasteiger partial charge in [0, 0.05) is 41.1 Å². The first kappa shape index (κ1) is 17.5. The molecule has 4 rings (SSSR count). The Morgan fingerprint density at radius 2 is 1.85 bits per heavy atom. The minimum atomic E-state index is -0.848. The number of aromatic nitrogens is 1. The predicted octanol–water partition coefficient (Wildman–Crippen LogP) is 3.30. The summed E-state index contributed by atoms with van der Waals surface area (Å²) in [6.07, 6.45) is 4.20. The maximum absolute atomic E-state index is 12.2. The average molecular weight is 363 g/mol. The predicted molar refractivity (Wildman–Crippen MR) is 103 cm³/mol. The van der Waals surface area contributed by atoms with E-state index >= 15 is 0 Å². The fourth-order valence-electron chi connectivity index (χ4n) is 3.31. The van der Waals surface area contributed by atoms with E-state index in [-0.39, 0.29) is 12.3 Å². The molecular formula is C21H21N3O3. The average Bonchev–Trinajstić information content (AvgIpc) is 3.35. The molecule has 3 aromatic rings. The molecule has 2 aromatic carbocycles. The van der Waals surface area contributed by atoms with Crippen molar-refractivity contribution in [3.8, 4) is 0 Å². The van der Waals surface area contributed by atoms with E-state index < -0.39 is 5.79 Å². The van der Waals surface area contributed by atoms with E-state index in [1.165, 1.54) is 0 Å². The summed E-state index contributed by atoms with van der Waals surface area (Å²) in [4.78, 5) is 15.4. The second kappa shape index (κ2) is 7.73. The number of nitrogens with one attached hydrogen (secondary N) is 2. The summed E-state index contributed by atoms with van der Waals surface area (Å²) in [5, 5.41) is 5.14. The van der Waals surface area contributed by atoms with Gasteiger partial charge in [0.1, 0.15) is 0 Å². The van der Waals surface area contributed by atoms with Gasteiger partial charge in [-0.3, -0.25) is 4.79 Å². The number of rotatable bonds is 6. The van der Waals surface area contributed by atoms with Gasteiger partial charge in [-0.15, -0.1) is 0 Å². The highest BCUT2D eigenvalue weighted by Gasteiger charge is 2.38. The third-order valence-corrected chi connectivity index (χ3v) is 4.66. The fraction of sp³-hybridized carbons (Fsp3) is 0.238. The van der Waals surface area contributed by atoms with Crippen molar-refractivity contribution in [3.63, 3.8) is 0 Å². The molecule has 1 aliphatic heterocycles. The third kappa shape index (κ3) is 3.77. The van der Waals surface area contributed by atoms with Crippen LogP contribution in [0.2, 0.25) is 0 Å². The molecule has 1 amide bonds. The van der Waals surface area contributed by atoms with Crippen LogP contribution in [0.25, 0.3) is 10.9 Å². The Morgan fingerprint density at radius 1 is 1.11 bits per heavy atom. The van der Waals surface area contributed by atoms with Gasteiger partial charge in [0.2, 0.25) is 5.91 Å². The summed E-state index contributed by atoms with van der Waals surface area (Å²) in [6, 6.07) is 17.7. The van der Waals surface area contributed by atoms with Gasteiger partial charge in [-0.1, -0.05) is 48.5 Å². The Labute approximate surface area is 157 Å². The van der Waals surface area contributed by atoms with E-state index in [1.54, 1.807) is 6.21 Å². The summed E-state index contributed by atoms with van der Waals surface area (Å²) in [5.74, 6) is -1.03. The molecule has 6 nitrogen and oxygen atoms in total. The molecule has 27 heavy (non-hydrogen) atoms. The number of nitrogens with zero attached hydrogens (tertiary/aromatic N) is 1. The molecule has 1 saturated heterocycles. The smallest absolute Gasteiger partial charge is 0.240 e. The van der Waals surface area contributed by atoms with Crippen LogP contribution in [0.1, 0.15) is 24.0 Å². The molecule has 1 aliphatic rings. The number of hydrogen-bond donors (Lipinski definition) is 2. The molecule has 0 bridgehead atoms. The molecule has 0 spiro atoms. The van der Waals surface area contributed by atoms with Crippen LogP contribution in [-0.2, 0) is 20.1 Å². The molecule has 1 fully saturated rings. The fourth-order valence-corrected chi connectivity index (χ4v) is 3.31. The Kier molecular flexibility index (Phi) is 5.00. The van der Waals surface area contributed by atoms with Crippen LogP contribution in [0.4, 0.5) is 0 Å². The molecule has 0 aliphatic carbocycles. The first-order valence-electron chi connectivity index (χ1n) is 8.98. The molecule has 0 atom stereocenters. The Balaban J connectivity index is 1.36. The van der Waals surface area contributed by atoms with E-state index in [2.05, 4.69) is 15.5 Å². The number of H-pyrrole nitrogens is 1. The Bertz CT molecular complexity index is 943. The maximum atomic E-state index is 12.2. The number of carbonyl (C=O) groups is 1. The van der Waals surface area contributed by atoms with E-state index in [9.17, 15) is 4.79 Å². The topological polar surface area (TPSA) is 75.7 Å². The van der Waals surface area contributed by atoms with Crippen molar-refractivity contribution in [2.45, 2.75) is 18.6 Å². The molecule has 0 radical (unpaired) electrons. The number of fused-ring (bicyclic) bond motifs is 1. The van der Waals surface area contributed by atoms with Crippen LogP contribution in [0, 0.1) is 0 Å². The van der Waals surface area contributed by atoms with Crippen molar-refractivity contribution in [1.82, 2.24) is 10.4 Å². The Morgan fingerprint density at radius 3 is 2.67 bits per heavy atom. The van der Waals surface area contributed by atoms with E-state index in [0.29, 0.717) is 19.6 Å². The number of benzene rings is 2. The van der Waals surface area contributed by atoms with E-state index in [1.807, 2.05) is 60.8 Å². The SMILES string of the molecule is O=C(CCC1(c2ccccc2)OCCO1)N/N=C\c1c[nH]c2ccccc12. The van der Waals surface area contributed by atoms with E-state index in [0.717, 1.165) is 22.0 Å². The van der Waals surface area contributed by atoms with Gasteiger partial charge in [0.15, 0.2) is 5.79 Å². The molecule has 0 saturated carbocycles. The summed E-state index contributed by atoms with van der Waals surface area (Å²) in [6.45, 7) is 1.05. The standard InChI is InChI=1S/C21H21N3O3/c25-20(24-23-15-16-14-22-19-9-5-4-8-18(16)19)10-11-21(26-12-13-27-21)17-6-2-1-3-7-17/h1-9,14-15,22H,10-13H2,(H,24,25)/b23-15-. The number of amides is 1. The number of ether oxygens (including phenoxy) is 2. The molecular weight excluding hydrogens is 342 g/mol. The first-order chi connectivity index (χ1) is 13.3. The lowest BCUT2D eigenvalue weighted by Crippen LogP contribution is -2.30. The number of para-hydroxylation sites is 1. The lowest BCUT2D eigenvalue weighted by molar-refractivity contribution is -0.173. The van der Waals surface area contributed by atoms with Crippen LogP contribution >= 0.6 is 0 Å². The van der Waals surface area contributed by atoms with Crippen molar-refractivity contribution in [3.05, 3.63) is 71.9 Å². The zero-order valence-corrected chi connectivity index (χ0v) is 14.9. The van der Waals surface area contributed by atoms with Crippen molar-refractivity contribution in [2.75, 3.05) is 13.2 Å². The van der Waals surface area contributed by atoms with Crippen LogP contribution in [0.15, 0.2) is 65.9 Å². The molecule has 6 heteroatoms. The number of aromatic amines is 1. The highest BCUT2D eigenvalue weighted by molar-refractivity contribution is 5.99. The van der Waals surface area contributed by atoms with Gasteiger partial charge in [-0.05, 0) is 6.07 Å². The van der Waals surface area contributed by atoms with Crippen LogP contribution < -0.4 is 5.43 Å². The molecule has 2 N–H and O–H groups in total. The number of hydrogen-bond acceptors (Lipinski definition) is 4. The summed E-state index contributed by atoms with van der Waals surface area (Å²) >= 11 is 0. The molecule has 0 unspecified atom stereocenters. The zero-order chi connectivity index (χ0) is 18.5. The lowest BCUT2D eigenvalue weighted by Gasteiger charge is -2.27. The zero-order valence-electron chi connectivity index (χ0n) is 14.9. The molecule has 138 valence electrons. The lowest BCUT2D eigenvalue weighted by atomic mass is 10.0. The highest BCUT2D eigenvalue weighted by atomic mass is 16.7. The van der Waals surface area contributed by atoms with Crippen molar-refractivity contribution in [2.24, 2.45) is 5.10 Å².